The van der Waals surface area contributed by atoms with Gasteiger partial charge in [-0.15, -0.1) is 0 Å². The van der Waals surface area contributed by atoms with Crippen molar-refractivity contribution in [2.75, 3.05) is 10.6 Å². The number of ketones is 1. The largest absolute Gasteiger partial charge is 0.469 e. The highest BCUT2D eigenvalue weighted by Gasteiger charge is 2.36. The van der Waals surface area contributed by atoms with Crippen molar-refractivity contribution < 1.29 is 9.21 Å². The molecule has 0 amide bonds. The number of para-hydroxylation sites is 2. The highest BCUT2D eigenvalue weighted by atomic mass is 35.5. The molecule has 0 saturated carbocycles. The normalized spacial score (nSPS) is 21.2. The van der Waals surface area contributed by atoms with Crippen LogP contribution in [0.4, 0.5) is 11.4 Å². The molecule has 5 rings (SSSR count). The standard InChI is InChI=1S/C23H19ClN2O2/c24-16-9-7-14(8-10-16)23-22-19(25-17-4-1-2-5-18(17)26-23)12-15(13-20(22)27)21-6-3-11-28-21/h1-11,15,23,25-26H,12-13H2/t15-,23-/m1/s1. The number of rotatable bonds is 2. The number of carbonyl (C=O) groups excluding carboxylic acids is 1. The molecule has 0 fully saturated rings. The Labute approximate surface area is 168 Å². The molecule has 2 aliphatic rings. The predicted molar refractivity (Wildman–Crippen MR) is 111 cm³/mol. The Morgan fingerprint density at radius 1 is 0.929 bits per heavy atom. The van der Waals surface area contributed by atoms with Crippen LogP contribution in [0.3, 0.4) is 0 Å². The molecule has 140 valence electrons. The van der Waals surface area contributed by atoms with Gasteiger partial charge in [-0.2, -0.15) is 0 Å². The summed E-state index contributed by atoms with van der Waals surface area (Å²) in [5.74, 6) is 1.04. The summed E-state index contributed by atoms with van der Waals surface area (Å²) in [4.78, 5) is 13.3. The topological polar surface area (TPSA) is 54.3 Å². The first-order chi connectivity index (χ1) is 13.7. The smallest absolute Gasteiger partial charge is 0.163 e. The number of fused-ring (bicyclic) bond motifs is 1. The Morgan fingerprint density at radius 3 is 2.46 bits per heavy atom. The Balaban J connectivity index is 1.62. The zero-order valence-electron chi connectivity index (χ0n) is 15.1. The zero-order valence-corrected chi connectivity index (χ0v) is 15.9. The lowest BCUT2D eigenvalue weighted by Crippen LogP contribution is -2.26. The fraction of sp³-hybridized carbons (Fsp3) is 0.174. The molecule has 28 heavy (non-hydrogen) atoms. The summed E-state index contributed by atoms with van der Waals surface area (Å²) < 4.78 is 5.59. The van der Waals surface area contributed by atoms with Gasteiger partial charge in [0.1, 0.15) is 5.76 Å². The molecule has 2 N–H and O–H groups in total. The minimum absolute atomic E-state index is 0.0462. The molecular formula is C23H19ClN2O2. The number of furan rings is 1. The van der Waals surface area contributed by atoms with Crippen molar-refractivity contribution >= 4 is 28.8 Å². The Hall–Kier alpha value is -2.98. The second kappa shape index (κ2) is 6.88. The number of hydrogen-bond donors (Lipinski definition) is 2. The van der Waals surface area contributed by atoms with Crippen molar-refractivity contribution in [2.45, 2.75) is 24.8 Å². The third kappa shape index (κ3) is 3.00. The third-order valence-electron chi connectivity index (χ3n) is 5.46. The van der Waals surface area contributed by atoms with E-state index in [-0.39, 0.29) is 17.7 Å². The lowest BCUT2D eigenvalue weighted by atomic mass is 9.80. The monoisotopic (exact) mass is 390 g/mol. The third-order valence-corrected chi connectivity index (χ3v) is 5.71. The van der Waals surface area contributed by atoms with Crippen LogP contribution in [0, 0.1) is 0 Å². The molecule has 5 heteroatoms. The van der Waals surface area contributed by atoms with E-state index in [4.69, 9.17) is 16.0 Å². The van der Waals surface area contributed by atoms with Gasteiger partial charge in [0.25, 0.3) is 0 Å². The van der Waals surface area contributed by atoms with Gasteiger partial charge in [-0.25, -0.2) is 0 Å². The number of carbonyl (C=O) groups is 1. The van der Waals surface area contributed by atoms with Gasteiger partial charge in [-0.3, -0.25) is 4.79 Å². The number of halogens is 1. The van der Waals surface area contributed by atoms with E-state index in [9.17, 15) is 4.79 Å². The molecule has 2 atom stereocenters. The number of nitrogens with one attached hydrogen (secondary N) is 2. The summed E-state index contributed by atoms with van der Waals surface area (Å²) in [5, 5.41) is 7.77. The van der Waals surface area contributed by atoms with Crippen molar-refractivity contribution in [2.24, 2.45) is 0 Å². The zero-order chi connectivity index (χ0) is 19.1. The highest BCUT2D eigenvalue weighted by molar-refractivity contribution is 6.30. The Bertz CT molecular complexity index is 1050. The van der Waals surface area contributed by atoms with Crippen molar-refractivity contribution in [3.8, 4) is 0 Å². The first-order valence-electron chi connectivity index (χ1n) is 9.37. The van der Waals surface area contributed by atoms with Crippen molar-refractivity contribution in [1.29, 1.82) is 0 Å². The van der Waals surface area contributed by atoms with E-state index in [1.165, 1.54) is 0 Å². The van der Waals surface area contributed by atoms with E-state index in [0.29, 0.717) is 11.4 Å². The van der Waals surface area contributed by atoms with E-state index < -0.39 is 0 Å². The average Bonchev–Trinajstić information content (AvgIpc) is 3.18. The van der Waals surface area contributed by atoms with Crippen LogP contribution < -0.4 is 10.6 Å². The summed E-state index contributed by atoms with van der Waals surface area (Å²) in [6, 6.07) is 19.3. The van der Waals surface area contributed by atoms with Crippen molar-refractivity contribution in [1.82, 2.24) is 0 Å². The van der Waals surface area contributed by atoms with Crippen molar-refractivity contribution in [3.63, 3.8) is 0 Å². The van der Waals surface area contributed by atoms with Gasteiger partial charge in [-0.1, -0.05) is 35.9 Å². The van der Waals surface area contributed by atoms with E-state index >= 15 is 0 Å². The van der Waals surface area contributed by atoms with Crippen LogP contribution >= 0.6 is 11.6 Å². The van der Waals surface area contributed by atoms with E-state index in [1.54, 1.807) is 6.26 Å². The van der Waals surface area contributed by atoms with Gasteiger partial charge < -0.3 is 15.1 Å². The SMILES string of the molecule is O=C1C[C@H](c2ccco2)CC2=C1[C@@H](c1ccc(Cl)cc1)Nc1ccccc1N2. The van der Waals surface area contributed by atoms with Crippen LogP contribution in [-0.4, -0.2) is 5.78 Å². The van der Waals surface area contributed by atoms with Crippen LogP contribution in [-0.2, 0) is 4.79 Å². The van der Waals surface area contributed by atoms with Gasteiger partial charge in [0.2, 0.25) is 0 Å². The Morgan fingerprint density at radius 2 is 1.71 bits per heavy atom. The molecule has 2 aromatic carbocycles. The van der Waals surface area contributed by atoms with E-state index in [2.05, 4.69) is 10.6 Å². The van der Waals surface area contributed by atoms with Crippen molar-refractivity contribution in [3.05, 3.63) is 94.5 Å². The minimum atomic E-state index is -0.228. The van der Waals surface area contributed by atoms with Crippen LogP contribution in [0.25, 0.3) is 0 Å². The summed E-state index contributed by atoms with van der Waals surface area (Å²) in [6.45, 7) is 0. The molecule has 0 unspecified atom stereocenters. The van der Waals surface area contributed by atoms with Gasteiger partial charge in [0.15, 0.2) is 5.78 Å². The average molecular weight is 391 g/mol. The molecule has 0 spiro atoms. The number of Topliss-reactive ketones (excluding diaryl/α,β-unsaturated/α-hetero) is 1. The molecule has 3 aromatic rings. The number of hydrogen-bond acceptors (Lipinski definition) is 4. The molecular weight excluding hydrogens is 372 g/mol. The lowest BCUT2D eigenvalue weighted by molar-refractivity contribution is -0.116. The fourth-order valence-corrected chi connectivity index (χ4v) is 4.25. The minimum Gasteiger partial charge on any atom is -0.469 e. The van der Waals surface area contributed by atoms with Gasteiger partial charge >= 0.3 is 0 Å². The molecule has 1 aliphatic carbocycles. The fourth-order valence-electron chi connectivity index (χ4n) is 4.12. The first-order valence-corrected chi connectivity index (χ1v) is 9.74. The number of allylic oxidation sites excluding steroid dienone is 1. The molecule has 2 heterocycles. The van der Waals surface area contributed by atoms with E-state index in [0.717, 1.165) is 40.4 Å². The molecule has 4 nitrogen and oxygen atoms in total. The van der Waals surface area contributed by atoms with Crippen LogP contribution in [0.2, 0.25) is 5.02 Å². The summed E-state index contributed by atoms with van der Waals surface area (Å²) in [6.07, 6.45) is 2.84. The Kier molecular flexibility index (Phi) is 4.21. The van der Waals surface area contributed by atoms with Gasteiger partial charge in [0.05, 0.1) is 23.7 Å². The molecule has 0 bridgehead atoms. The maximum atomic E-state index is 13.3. The maximum absolute atomic E-state index is 13.3. The highest BCUT2D eigenvalue weighted by Crippen LogP contribution is 2.44. The molecule has 1 aromatic heterocycles. The van der Waals surface area contributed by atoms with Gasteiger partial charge in [-0.05, 0) is 48.4 Å². The number of anilines is 2. The second-order valence-corrected chi connectivity index (χ2v) is 7.67. The lowest BCUT2D eigenvalue weighted by Gasteiger charge is -2.28. The predicted octanol–water partition coefficient (Wildman–Crippen LogP) is 5.91. The molecule has 0 radical (unpaired) electrons. The van der Waals surface area contributed by atoms with Crippen LogP contribution in [0.5, 0.6) is 0 Å². The van der Waals surface area contributed by atoms with Crippen LogP contribution in [0.1, 0.15) is 36.1 Å². The maximum Gasteiger partial charge on any atom is 0.163 e. The first kappa shape index (κ1) is 17.1. The number of benzene rings is 2. The summed E-state index contributed by atoms with van der Waals surface area (Å²) >= 11 is 6.08. The molecule has 0 saturated heterocycles. The van der Waals surface area contributed by atoms with E-state index in [1.807, 2.05) is 60.7 Å². The van der Waals surface area contributed by atoms with Crippen LogP contribution in [0.15, 0.2) is 82.6 Å². The van der Waals surface area contributed by atoms with Gasteiger partial charge in [0, 0.05) is 28.6 Å². The summed E-state index contributed by atoms with van der Waals surface area (Å²) in [7, 11) is 0. The second-order valence-electron chi connectivity index (χ2n) is 7.24. The quantitative estimate of drug-likeness (QED) is 0.570. The molecule has 1 aliphatic heterocycles. The summed E-state index contributed by atoms with van der Waals surface area (Å²) in [5.41, 5.74) is 4.70.